The molecule has 0 aromatic heterocycles. The number of carboxylic acid groups (broad SMARTS) is 1. The Bertz CT molecular complexity index is 390. The van der Waals surface area contributed by atoms with Gasteiger partial charge in [0.05, 0.1) is 0 Å². The first-order valence-electron chi connectivity index (χ1n) is 5.42. The van der Waals surface area contributed by atoms with E-state index >= 15 is 0 Å². The van der Waals surface area contributed by atoms with Gasteiger partial charge in [0.15, 0.2) is 0 Å². The van der Waals surface area contributed by atoms with Gasteiger partial charge in [-0.05, 0) is 25.7 Å². The van der Waals surface area contributed by atoms with E-state index < -0.39 is 22.2 Å². The van der Waals surface area contributed by atoms with Crippen molar-refractivity contribution in [2.45, 2.75) is 25.8 Å². The SMILES string of the molecule is C[C@@H](C(=O)O)N1CCN(CC2CC2)S1(=O)=O. The van der Waals surface area contributed by atoms with Crippen LogP contribution in [-0.4, -0.2) is 53.8 Å². The maximum atomic E-state index is 12.0. The van der Waals surface area contributed by atoms with Crippen molar-refractivity contribution in [3.05, 3.63) is 0 Å². The number of aliphatic carboxylic acids is 1. The summed E-state index contributed by atoms with van der Waals surface area (Å²) >= 11 is 0. The lowest BCUT2D eigenvalue weighted by Crippen LogP contribution is -2.42. The van der Waals surface area contributed by atoms with E-state index in [2.05, 4.69) is 0 Å². The molecule has 0 amide bonds. The van der Waals surface area contributed by atoms with Crippen LogP contribution in [0.2, 0.25) is 0 Å². The summed E-state index contributed by atoms with van der Waals surface area (Å²) in [7, 11) is -3.54. The Morgan fingerprint density at radius 1 is 1.44 bits per heavy atom. The molecule has 7 heteroatoms. The first kappa shape index (κ1) is 11.8. The van der Waals surface area contributed by atoms with Crippen molar-refractivity contribution in [3.8, 4) is 0 Å². The lowest BCUT2D eigenvalue weighted by molar-refractivity contribution is -0.140. The number of hydrogen-bond acceptors (Lipinski definition) is 3. The average molecular weight is 248 g/mol. The van der Waals surface area contributed by atoms with Gasteiger partial charge in [0.25, 0.3) is 10.2 Å². The van der Waals surface area contributed by atoms with Gasteiger partial charge in [-0.25, -0.2) is 0 Å². The molecule has 0 aromatic carbocycles. The Labute approximate surface area is 95.0 Å². The molecule has 0 unspecified atom stereocenters. The molecule has 2 fully saturated rings. The summed E-state index contributed by atoms with van der Waals surface area (Å²) < 4.78 is 26.5. The summed E-state index contributed by atoms with van der Waals surface area (Å²) in [6.07, 6.45) is 2.17. The molecule has 6 nitrogen and oxygen atoms in total. The largest absolute Gasteiger partial charge is 0.480 e. The van der Waals surface area contributed by atoms with E-state index in [-0.39, 0.29) is 6.54 Å². The molecule has 1 heterocycles. The lowest BCUT2D eigenvalue weighted by atomic mass is 10.3. The molecule has 0 radical (unpaired) electrons. The highest BCUT2D eigenvalue weighted by atomic mass is 32.2. The Balaban J connectivity index is 2.09. The van der Waals surface area contributed by atoms with Gasteiger partial charge in [-0.2, -0.15) is 17.0 Å². The first-order valence-corrected chi connectivity index (χ1v) is 6.82. The summed E-state index contributed by atoms with van der Waals surface area (Å²) in [5, 5.41) is 8.83. The van der Waals surface area contributed by atoms with Crippen molar-refractivity contribution >= 4 is 16.2 Å². The van der Waals surface area contributed by atoms with Crippen molar-refractivity contribution in [3.63, 3.8) is 0 Å². The lowest BCUT2D eigenvalue weighted by Gasteiger charge is -2.21. The van der Waals surface area contributed by atoms with Crippen LogP contribution in [0.25, 0.3) is 0 Å². The second-order valence-electron chi connectivity index (χ2n) is 4.43. The van der Waals surface area contributed by atoms with Crippen LogP contribution in [0.5, 0.6) is 0 Å². The molecule has 2 rings (SSSR count). The van der Waals surface area contributed by atoms with E-state index in [4.69, 9.17) is 5.11 Å². The van der Waals surface area contributed by atoms with Gasteiger partial charge in [0.1, 0.15) is 6.04 Å². The minimum atomic E-state index is -3.54. The molecular formula is C9H16N2O4S. The smallest absolute Gasteiger partial charge is 0.321 e. The molecule has 1 N–H and O–H groups in total. The molecule has 0 aromatic rings. The fourth-order valence-electron chi connectivity index (χ4n) is 1.88. The van der Waals surface area contributed by atoms with Crippen LogP contribution < -0.4 is 0 Å². The van der Waals surface area contributed by atoms with Crippen molar-refractivity contribution in [1.29, 1.82) is 0 Å². The maximum absolute atomic E-state index is 12.0. The maximum Gasteiger partial charge on any atom is 0.321 e. The van der Waals surface area contributed by atoms with E-state index in [9.17, 15) is 13.2 Å². The van der Waals surface area contributed by atoms with Gasteiger partial charge in [-0.3, -0.25) is 4.79 Å². The summed E-state index contributed by atoms with van der Waals surface area (Å²) in [5.74, 6) is -0.619. The van der Waals surface area contributed by atoms with Gasteiger partial charge < -0.3 is 5.11 Å². The number of hydrogen-bond donors (Lipinski definition) is 1. The Morgan fingerprint density at radius 3 is 2.56 bits per heavy atom. The fourth-order valence-corrected chi connectivity index (χ4v) is 3.69. The zero-order valence-corrected chi connectivity index (χ0v) is 9.98. The summed E-state index contributed by atoms with van der Waals surface area (Å²) in [5.41, 5.74) is 0. The quantitative estimate of drug-likeness (QED) is 0.743. The molecule has 1 atom stereocenters. The minimum absolute atomic E-state index is 0.280. The molecule has 2 aliphatic rings. The van der Waals surface area contributed by atoms with Crippen LogP contribution in [0.3, 0.4) is 0 Å². The molecule has 0 spiro atoms. The Morgan fingerprint density at radius 2 is 2.06 bits per heavy atom. The van der Waals surface area contributed by atoms with Crippen LogP contribution in [0.15, 0.2) is 0 Å². The Hall–Kier alpha value is -0.660. The first-order chi connectivity index (χ1) is 7.43. The highest BCUT2D eigenvalue weighted by Crippen LogP contribution is 2.32. The third-order valence-corrected chi connectivity index (χ3v) is 5.22. The molecular weight excluding hydrogens is 232 g/mol. The van der Waals surface area contributed by atoms with E-state index in [1.165, 1.54) is 11.2 Å². The van der Waals surface area contributed by atoms with Crippen LogP contribution in [0.4, 0.5) is 0 Å². The van der Waals surface area contributed by atoms with Crippen molar-refractivity contribution in [2.75, 3.05) is 19.6 Å². The number of nitrogens with zero attached hydrogens (tertiary/aromatic N) is 2. The van der Waals surface area contributed by atoms with E-state index in [1.54, 1.807) is 0 Å². The van der Waals surface area contributed by atoms with Crippen LogP contribution >= 0.6 is 0 Å². The Kier molecular flexibility index (Phi) is 2.93. The predicted molar refractivity (Wildman–Crippen MR) is 57.0 cm³/mol. The third-order valence-electron chi connectivity index (χ3n) is 3.14. The van der Waals surface area contributed by atoms with E-state index in [1.807, 2.05) is 0 Å². The monoisotopic (exact) mass is 248 g/mol. The van der Waals surface area contributed by atoms with Crippen LogP contribution in [-0.2, 0) is 15.0 Å². The highest BCUT2D eigenvalue weighted by Gasteiger charge is 2.43. The van der Waals surface area contributed by atoms with Crippen LogP contribution in [0.1, 0.15) is 19.8 Å². The molecule has 16 heavy (non-hydrogen) atoms. The third kappa shape index (κ3) is 2.07. The second-order valence-corrected chi connectivity index (χ2v) is 6.32. The molecule has 0 bridgehead atoms. The topological polar surface area (TPSA) is 77.9 Å². The molecule has 1 saturated heterocycles. The van der Waals surface area contributed by atoms with Gasteiger partial charge in [0.2, 0.25) is 0 Å². The molecule has 1 aliphatic carbocycles. The standard InChI is InChI=1S/C9H16N2O4S/c1-7(9(12)13)11-5-4-10(16(11,14)15)6-8-2-3-8/h7-8H,2-6H2,1H3,(H,12,13)/t7-/m0/s1. The van der Waals surface area contributed by atoms with Crippen LogP contribution in [0, 0.1) is 5.92 Å². The average Bonchev–Trinajstić information content (AvgIpc) is 2.94. The zero-order chi connectivity index (χ0) is 11.9. The van der Waals surface area contributed by atoms with Gasteiger partial charge in [0, 0.05) is 19.6 Å². The fraction of sp³-hybridized carbons (Fsp3) is 0.889. The van der Waals surface area contributed by atoms with Gasteiger partial charge in [-0.15, -0.1) is 0 Å². The van der Waals surface area contributed by atoms with E-state index in [0.29, 0.717) is 19.0 Å². The van der Waals surface area contributed by atoms with Gasteiger partial charge in [-0.1, -0.05) is 0 Å². The highest BCUT2D eigenvalue weighted by molar-refractivity contribution is 7.87. The number of rotatable bonds is 4. The minimum Gasteiger partial charge on any atom is -0.480 e. The van der Waals surface area contributed by atoms with Gasteiger partial charge >= 0.3 is 5.97 Å². The summed E-state index contributed by atoms with van der Waals surface area (Å²) in [6.45, 7) is 2.64. The predicted octanol–water partition coefficient (Wildman–Crippen LogP) is -0.268. The second kappa shape index (κ2) is 3.97. The van der Waals surface area contributed by atoms with Crippen molar-refractivity contribution in [1.82, 2.24) is 8.61 Å². The molecule has 1 saturated carbocycles. The van der Waals surface area contributed by atoms with E-state index in [0.717, 1.165) is 17.1 Å². The summed E-state index contributed by atoms with van der Waals surface area (Å²) in [4.78, 5) is 10.8. The van der Waals surface area contributed by atoms with Crippen molar-refractivity contribution < 1.29 is 18.3 Å². The number of carboxylic acids is 1. The normalized spacial score (nSPS) is 28.1. The molecule has 1 aliphatic heterocycles. The van der Waals surface area contributed by atoms with Crippen molar-refractivity contribution in [2.24, 2.45) is 5.92 Å². The zero-order valence-electron chi connectivity index (χ0n) is 9.16. The number of carbonyl (C=O) groups is 1. The summed E-state index contributed by atoms with van der Waals surface area (Å²) in [6, 6.07) is -0.978. The molecule has 92 valence electrons.